The molecule has 2 nitrogen and oxygen atoms in total. The number of aromatic amines is 1. The SMILES string of the molecule is c1ccc2cc3cc4c(cc3cc2c1)oc1cc2c(cc14)[nH]c1ccccc12. The second-order valence-electron chi connectivity index (χ2n) is 7.56. The summed E-state index contributed by atoms with van der Waals surface area (Å²) in [5.41, 5.74) is 4.18. The monoisotopic (exact) mass is 357 g/mol. The molecule has 7 rings (SSSR count). The highest BCUT2D eigenvalue weighted by molar-refractivity contribution is 6.18. The van der Waals surface area contributed by atoms with E-state index in [2.05, 4.69) is 89.9 Å². The van der Waals surface area contributed by atoms with E-state index in [0.717, 1.165) is 27.6 Å². The average Bonchev–Trinajstić information content (AvgIpc) is 3.25. The Bertz CT molecular complexity index is 1710. The number of furan rings is 1. The number of aromatic nitrogens is 1. The summed E-state index contributed by atoms with van der Waals surface area (Å²) < 4.78 is 6.29. The molecule has 0 aliphatic rings. The molecule has 0 aliphatic carbocycles. The van der Waals surface area contributed by atoms with Crippen molar-refractivity contribution in [1.82, 2.24) is 4.98 Å². The van der Waals surface area contributed by atoms with Gasteiger partial charge in [0.25, 0.3) is 0 Å². The van der Waals surface area contributed by atoms with Crippen molar-refractivity contribution < 1.29 is 4.42 Å². The highest BCUT2D eigenvalue weighted by Crippen LogP contribution is 2.37. The lowest BCUT2D eigenvalue weighted by molar-refractivity contribution is 0.670. The van der Waals surface area contributed by atoms with Crippen molar-refractivity contribution in [3.05, 3.63) is 84.9 Å². The van der Waals surface area contributed by atoms with Gasteiger partial charge in [0.1, 0.15) is 11.2 Å². The van der Waals surface area contributed by atoms with Gasteiger partial charge in [-0.25, -0.2) is 0 Å². The van der Waals surface area contributed by atoms with E-state index < -0.39 is 0 Å². The molecule has 0 saturated heterocycles. The first-order valence-electron chi connectivity index (χ1n) is 9.53. The van der Waals surface area contributed by atoms with Crippen molar-refractivity contribution in [2.75, 3.05) is 0 Å². The molecule has 130 valence electrons. The largest absolute Gasteiger partial charge is 0.456 e. The minimum atomic E-state index is 0.937. The third-order valence-corrected chi connectivity index (χ3v) is 5.92. The van der Waals surface area contributed by atoms with Gasteiger partial charge < -0.3 is 9.40 Å². The van der Waals surface area contributed by atoms with Gasteiger partial charge in [-0.1, -0.05) is 42.5 Å². The van der Waals surface area contributed by atoms with Crippen LogP contribution in [0.15, 0.2) is 89.3 Å². The normalized spacial score (nSPS) is 12.3. The predicted octanol–water partition coefficient (Wildman–Crippen LogP) is 7.53. The van der Waals surface area contributed by atoms with Crippen molar-refractivity contribution in [2.24, 2.45) is 0 Å². The Morgan fingerprint density at radius 3 is 2.00 bits per heavy atom. The van der Waals surface area contributed by atoms with Crippen molar-refractivity contribution in [2.45, 2.75) is 0 Å². The van der Waals surface area contributed by atoms with Crippen molar-refractivity contribution in [1.29, 1.82) is 0 Å². The van der Waals surface area contributed by atoms with E-state index in [9.17, 15) is 0 Å². The minimum Gasteiger partial charge on any atom is -0.456 e. The summed E-state index contributed by atoms with van der Waals surface area (Å²) in [4.78, 5) is 3.54. The van der Waals surface area contributed by atoms with Crippen LogP contribution in [0.4, 0.5) is 0 Å². The molecule has 0 amide bonds. The van der Waals surface area contributed by atoms with Crippen molar-refractivity contribution in [3.8, 4) is 0 Å². The number of rotatable bonds is 0. The maximum atomic E-state index is 6.29. The van der Waals surface area contributed by atoms with Gasteiger partial charge >= 0.3 is 0 Å². The first-order valence-corrected chi connectivity index (χ1v) is 9.53. The summed E-state index contributed by atoms with van der Waals surface area (Å²) in [6, 6.07) is 30.3. The second-order valence-corrected chi connectivity index (χ2v) is 7.56. The number of para-hydroxylation sites is 1. The molecule has 2 heteroatoms. The van der Waals surface area contributed by atoms with Crippen LogP contribution < -0.4 is 0 Å². The Kier molecular flexibility index (Phi) is 2.52. The Morgan fingerprint density at radius 1 is 0.464 bits per heavy atom. The molecule has 0 radical (unpaired) electrons. The number of fused-ring (bicyclic) bond motifs is 8. The fourth-order valence-corrected chi connectivity index (χ4v) is 4.56. The van der Waals surface area contributed by atoms with Crippen molar-refractivity contribution in [3.63, 3.8) is 0 Å². The van der Waals surface area contributed by atoms with E-state index in [-0.39, 0.29) is 0 Å². The molecule has 1 N–H and O–H groups in total. The van der Waals surface area contributed by atoms with Crippen LogP contribution in [0.2, 0.25) is 0 Å². The van der Waals surface area contributed by atoms with Crippen LogP contribution in [0.5, 0.6) is 0 Å². The van der Waals surface area contributed by atoms with E-state index in [1.165, 1.54) is 37.7 Å². The summed E-state index contributed by atoms with van der Waals surface area (Å²) in [5.74, 6) is 0. The number of benzene rings is 5. The topological polar surface area (TPSA) is 28.9 Å². The number of hydrogen-bond donors (Lipinski definition) is 1. The number of hydrogen-bond acceptors (Lipinski definition) is 1. The molecule has 2 aromatic heterocycles. The van der Waals surface area contributed by atoms with Gasteiger partial charge in [-0.3, -0.25) is 0 Å². The zero-order valence-corrected chi connectivity index (χ0v) is 15.0. The second kappa shape index (κ2) is 4.93. The van der Waals surface area contributed by atoms with Crippen molar-refractivity contribution >= 4 is 65.3 Å². The Balaban J connectivity index is 1.62. The average molecular weight is 357 g/mol. The summed E-state index contributed by atoms with van der Waals surface area (Å²) in [5, 5.41) is 9.73. The molecule has 0 aliphatic heterocycles. The smallest absolute Gasteiger partial charge is 0.136 e. The summed E-state index contributed by atoms with van der Waals surface area (Å²) in [6.45, 7) is 0. The maximum absolute atomic E-state index is 6.29. The molecule has 0 bridgehead atoms. The highest BCUT2D eigenvalue weighted by atomic mass is 16.3. The molecule has 0 unspecified atom stereocenters. The lowest BCUT2D eigenvalue weighted by Gasteiger charge is -2.02. The molecule has 28 heavy (non-hydrogen) atoms. The van der Waals surface area contributed by atoms with Crippen LogP contribution in [0.3, 0.4) is 0 Å². The van der Waals surface area contributed by atoms with Gasteiger partial charge in [0.2, 0.25) is 0 Å². The van der Waals surface area contributed by atoms with Gasteiger partial charge in [-0.2, -0.15) is 0 Å². The fraction of sp³-hybridized carbons (Fsp3) is 0. The maximum Gasteiger partial charge on any atom is 0.136 e. The number of nitrogens with one attached hydrogen (secondary N) is 1. The summed E-state index contributed by atoms with van der Waals surface area (Å²) >= 11 is 0. The van der Waals surface area contributed by atoms with Gasteiger partial charge in [-0.15, -0.1) is 0 Å². The molecular weight excluding hydrogens is 342 g/mol. The summed E-state index contributed by atoms with van der Waals surface area (Å²) in [6.07, 6.45) is 0. The third kappa shape index (κ3) is 1.82. The molecule has 5 aromatic carbocycles. The Hall–Kier alpha value is -3.78. The van der Waals surface area contributed by atoms with E-state index in [0.29, 0.717) is 0 Å². The highest BCUT2D eigenvalue weighted by Gasteiger charge is 2.12. The zero-order chi connectivity index (χ0) is 18.2. The number of H-pyrrole nitrogens is 1. The van der Waals surface area contributed by atoms with Crippen LogP contribution in [0, 0.1) is 0 Å². The molecule has 2 heterocycles. The summed E-state index contributed by atoms with van der Waals surface area (Å²) in [7, 11) is 0. The lowest BCUT2D eigenvalue weighted by Crippen LogP contribution is -1.76. The van der Waals surface area contributed by atoms with Crippen LogP contribution in [0.1, 0.15) is 0 Å². The first kappa shape index (κ1) is 14.3. The molecular formula is C26H15NO. The molecule has 7 aromatic rings. The van der Waals surface area contributed by atoms with Crippen LogP contribution in [0.25, 0.3) is 65.3 Å². The van der Waals surface area contributed by atoms with E-state index in [1.54, 1.807) is 0 Å². The van der Waals surface area contributed by atoms with Crippen LogP contribution in [-0.2, 0) is 0 Å². The fourth-order valence-electron chi connectivity index (χ4n) is 4.56. The van der Waals surface area contributed by atoms with Gasteiger partial charge in [0, 0.05) is 32.6 Å². The quantitative estimate of drug-likeness (QED) is 0.279. The zero-order valence-electron chi connectivity index (χ0n) is 15.0. The first-order chi connectivity index (χ1) is 13.8. The van der Waals surface area contributed by atoms with Gasteiger partial charge in [0.15, 0.2) is 0 Å². The predicted molar refractivity (Wildman–Crippen MR) is 118 cm³/mol. The Labute approximate surface area is 160 Å². The van der Waals surface area contributed by atoms with Crippen LogP contribution in [-0.4, -0.2) is 4.98 Å². The third-order valence-electron chi connectivity index (χ3n) is 5.92. The van der Waals surface area contributed by atoms with Gasteiger partial charge in [0.05, 0.1) is 0 Å². The Morgan fingerprint density at radius 2 is 1.14 bits per heavy atom. The molecule has 0 atom stereocenters. The van der Waals surface area contributed by atoms with Gasteiger partial charge in [-0.05, 0) is 64.0 Å². The van der Waals surface area contributed by atoms with Crippen LogP contribution >= 0.6 is 0 Å². The van der Waals surface area contributed by atoms with E-state index in [4.69, 9.17) is 4.42 Å². The molecule has 0 spiro atoms. The van der Waals surface area contributed by atoms with E-state index >= 15 is 0 Å². The lowest BCUT2D eigenvalue weighted by atomic mass is 10.0. The minimum absolute atomic E-state index is 0.937. The molecule has 0 saturated carbocycles. The molecule has 0 fully saturated rings. The van der Waals surface area contributed by atoms with E-state index in [1.807, 2.05) is 0 Å². The standard InChI is InChI=1S/C26H15NO/c1-2-6-16-10-18-12-25-21(11-17(18)9-15(16)5-1)22-13-24-20(14-26(22)28-25)19-7-3-4-8-23(19)27-24/h1-14,27H.